The van der Waals surface area contributed by atoms with Gasteiger partial charge in [-0.05, 0) is 38.5 Å². The number of H-pyrrole nitrogens is 1. The molecule has 9 heteroatoms. The average Bonchev–Trinajstić information content (AvgIpc) is 3.17. The molecule has 2 heterocycles. The summed E-state index contributed by atoms with van der Waals surface area (Å²) in [5.74, 6) is -1.13. The van der Waals surface area contributed by atoms with Crippen molar-refractivity contribution < 1.29 is 19.4 Å². The molecule has 0 spiro atoms. The molecule has 0 bridgehead atoms. The van der Waals surface area contributed by atoms with E-state index in [2.05, 4.69) is 19.0 Å². The Bertz CT molecular complexity index is 958. The Labute approximate surface area is 153 Å². The minimum Gasteiger partial charge on any atom is -0.451 e. The summed E-state index contributed by atoms with van der Waals surface area (Å²) >= 11 is 1.06. The normalized spacial score (nSPS) is 13.1. The third kappa shape index (κ3) is 3.44. The molecule has 1 aliphatic rings. The van der Waals surface area contributed by atoms with Crippen LogP contribution in [-0.2, 0) is 20.9 Å². The highest BCUT2D eigenvalue weighted by atomic mass is 32.1. The quantitative estimate of drug-likeness (QED) is 0.595. The zero-order chi connectivity index (χ0) is 18.8. The van der Waals surface area contributed by atoms with Crippen LogP contribution in [-0.4, -0.2) is 28.6 Å². The van der Waals surface area contributed by atoms with E-state index in [0.29, 0.717) is 33.9 Å². The number of aliphatic hydroxyl groups excluding tert-OH is 1. The first-order valence-corrected chi connectivity index (χ1v) is 8.67. The lowest BCUT2D eigenvalue weighted by Crippen LogP contribution is -2.21. The van der Waals surface area contributed by atoms with Gasteiger partial charge in [0.25, 0.3) is 5.91 Å². The van der Waals surface area contributed by atoms with E-state index in [1.807, 2.05) is 0 Å². The van der Waals surface area contributed by atoms with E-state index in [-0.39, 0.29) is 5.69 Å². The number of aryl methyl sites for hydroxylation is 1. The number of esters is 1. The molecule has 26 heavy (non-hydrogen) atoms. The van der Waals surface area contributed by atoms with Crippen LogP contribution in [0.2, 0.25) is 0 Å². The lowest BCUT2D eigenvalue weighted by molar-refractivity contribution is -0.119. The predicted octanol–water partition coefficient (Wildman–Crippen LogP) is 3.21. The van der Waals surface area contributed by atoms with E-state index < -0.39 is 24.6 Å². The fourth-order valence-corrected chi connectivity index (χ4v) is 3.44. The second-order valence-electron chi connectivity index (χ2n) is 5.90. The van der Waals surface area contributed by atoms with Crippen molar-refractivity contribution in [2.45, 2.75) is 26.9 Å². The Morgan fingerprint density at radius 1 is 1.35 bits per heavy atom. The van der Waals surface area contributed by atoms with Gasteiger partial charge in [0.2, 0.25) is 0 Å². The van der Waals surface area contributed by atoms with Crippen molar-refractivity contribution in [3.05, 3.63) is 40.7 Å². The number of rotatable bonds is 5. The molecule has 0 saturated heterocycles. The Kier molecular flexibility index (Phi) is 5.01. The van der Waals surface area contributed by atoms with E-state index in [4.69, 9.17) is 4.74 Å². The standard InChI is InChI=1S/C17H18N4O4S/c1-8-14(10(3)22)9(2)18-15(8)17(24)25-7-13(23)19-11-5-4-6-12-16(11)21-26-20-12/h4-6,10,18,22H,7H2,1-3H3,(H,19,23)/t10-/m0/s1. The lowest BCUT2D eigenvalue weighted by atomic mass is 10.1. The number of ether oxygens (including phenoxy) is 1. The zero-order valence-corrected chi connectivity index (χ0v) is 15.3. The Morgan fingerprint density at radius 3 is 2.81 bits per heavy atom. The Morgan fingerprint density at radius 2 is 2.12 bits per heavy atom. The molecule has 0 radical (unpaired) electrons. The van der Waals surface area contributed by atoms with E-state index in [9.17, 15) is 14.7 Å². The molecule has 0 saturated carbocycles. The number of hydrogen-bond donors (Lipinski definition) is 3. The highest BCUT2D eigenvalue weighted by Crippen LogP contribution is 2.38. The van der Waals surface area contributed by atoms with Crippen molar-refractivity contribution >= 4 is 40.3 Å². The molecule has 1 aromatic heterocycles. The number of carbonyl (C=O) groups is 2. The minimum atomic E-state index is -0.705. The number of aromatic nitrogens is 1. The maximum Gasteiger partial charge on any atom is 0.355 e. The smallest absolute Gasteiger partial charge is 0.355 e. The van der Waals surface area contributed by atoms with Gasteiger partial charge in [-0.2, -0.15) is 8.73 Å². The second-order valence-corrected chi connectivity index (χ2v) is 6.43. The molecule has 1 atom stereocenters. The van der Waals surface area contributed by atoms with Gasteiger partial charge < -0.3 is 20.1 Å². The highest BCUT2D eigenvalue weighted by molar-refractivity contribution is 7.58. The third-order valence-corrected chi connectivity index (χ3v) is 4.55. The molecular weight excluding hydrogens is 356 g/mol. The van der Waals surface area contributed by atoms with Gasteiger partial charge in [-0.3, -0.25) is 4.79 Å². The summed E-state index contributed by atoms with van der Waals surface area (Å²) in [5.41, 5.74) is 3.99. The molecule has 1 aliphatic heterocycles. The maximum absolute atomic E-state index is 12.2. The number of amides is 1. The van der Waals surface area contributed by atoms with E-state index >= 15 is 0 Å². The fourth-order valence-electron chi connectivity index (χ4n) is 2.89. The molecular formula is C17H18N4O4S. The van der Waals surface area contributed by atoms with Gasteiger partial charge in [0.05, 0.1) is 23.1 Å². The number of nitrogens with one attached hydrogen (secondary N) is 2. The molecule has 0 fully saturated rings. The Balaban J connectivity index is 1.64. The van der Waals surface area contributed by atoms with E-state index in [0.717, 1.165) is 11.4 Å². The molecule has 3 rings (SSSR count). The van der Waals surface area contributed by atoms with Gasteiger partial charge in [-0.1, -0.05) is 6.07 Å². The van der Waals surface area contributed by atoms with Crippen LogP contribution in [0.25, 0.3) is 0 Å². The van der Waals surface area contributed by atoms with Gasteiger partial charge in [-0.25, -0.2) is 4.79 Å². The van der Waals surface area contributed by atoms with Gasteiger partial charge in [0, 0.05) is 11.3 Å². The van der Waals surface area contributed by atoms with Crippen LogP contribution < -0.4 is 5.32 Å². The van der Waals surface area contributed by atoms with Crippen molar-refractivity contribution in [2.24, 2.45) is 8.73 Å². The van der Waals surface area contributed by atoms with Crippen molar-refractivity contribution in [1.29, 1.82) is 0 Å². The largest absolute Gasteiger partial charge is 0.451 e. The number of nitrogens with zero attached hydrogens (tertiary/aromatic N) is 2. The predicted molar refractivity (Wildman–Crippen MR) is 97.8 cm³/mol. The summed E-state index contributed by atoms with van der Waals surface area (Å²) < 4.78 is 13.3. The van der Waals surface area contributed by atoms with Crippen LogP contribution >= 0.6 is 0 Å². The maximum atomic E-state index is 12.2. The highest BCUT2D eigenvalue weighted by Gasteiger charge is 2.22. The third-order valence-electron chi connectivity index (χ3n) is 4.01. The summed E-state index contributed by atoms with van der Waals surface area (Å²) in [4.78, 5) is 27.2. The van der Waals surface area contributed by atoms with Crippen LogP contribution in [0.4, 0.5) is 17.1 Å². The molecule has 2 aromatic rings. The summed E-state index contributed by atoms with van der Waals surface area (Å²) in [6.45, 7) is 4.67. The van der Waals surface area contributed by atoms with Crippen LogP contribution in [0.3, 0.4) is 0 Å². The number of hydrogen-bond acceptors (Lipinski definition) is 6. The fraction of sp³-hybridized carbons (Fsp3) is 0.294. The number of anilines is 1. The molecule has 1 aromatic carbocycles. The van der Waals surface area contributed by atoms with E-state index in [1.54, 1.807) is 39.0 Å². The molecule has 3 N–H and O–H groups in total. The topological polar surface area (TPSA) is 116 Å². The first-order chi connectivity index (χ1) is 12.4. The van der Waals surface area contributed by atoms with Crippen molar-refractivity contribution in [1.82, 2.24) is 4.98 Å². The lowest BCUT2D eigenvalue weighted by Gasteiger charge is -2.08. The number of aromatic amines is 1. The number of fused-ring (bicyclic) bond motifs is 1. The summed E-state index contributed by atoms with van der Waals surface area (Å²) in [6.07, 6.45) is -0.705. The van der Waals surface area contributed by atoms with Crippen LogP contribution in [0.5, 0.6) is 0 Å². The van der Waals surface area contributed by atoms with Gasteiger partial charge in [-0.15, -0.1) is 0 Å². The monoisotopic (exact) mass is 374 g/mol. The zero-order valence-electron chi connectivity index (χ0n) is 14.5. The summed E-state index contributed by atoms with van der Waals surface area (Å²) in [6, 6.07) is 5.26. The molecule has 136 valence electrons. The van der Waals surface area contributed by atoms with Crippen LogP contribution in [0.15, 0.2) is 26.9 Å². The van der Waals surface area contributed by atoms with Crippen molar-refractivity contribution in [2.75, 3.05) is 11.9 Å². The minimum absolute atomic E-state index is 0.233. The first kappa shape index (κ1) is 18.0. The van der Waals surface area contributed by atoms with Crippen molar-refractivity contribution in [3.8, 4) is 0 Å². The molecule has 0 aliphatic carbocycles. The van der Waals surface area contributed by atoms with Gasteiger partial charge in [0.1, 0.15) is 17.1 Å². The van der Waals surface area contributed by atoms with E-state index in [1.165, 1.54) is 0 Å². The van der Waals surface area contributed by atoms with Gasteiger partial charge in [0.15, 0.2) is 6.61 Å². The Hall–Kier alpha value is -2.78. The second kappa shape index (κ2) is 7.22. The molecule has 1 amide bonds. The molecule has 8 nitrogen and oxygen atoms in total. The summed E-state index contributed by atoms with van der Waals surface area (Å²) in [7, 11) is 0. The van der Waals surface area contributed by atoms with Crippen LogP contribution in [0, 0.1) is 13.8 Å². The SMILES string of the molecule is Cc1[nH]c(C(=O)OCC(=O)Nc2cccc3c2N=S=N3)c(C)c1[C@H](C)O. The number of benzene rings is 1. The summed E-state index contributed by atoms with van der Waals surface area (Å²) in [5, 5.41) is 12.5. The number of aliphatic hydroxyl groups is 1. The number of carbonyl (C=O) groups excluding carboxylic acids is 2. The molecule has 0 unspecified atom stereocenters. The first-order valence-electron chi connectivity index (χ1n) is 7.94. The van der Waals surface area contributed by atoms with Crippen molar-refractivity contribution in [3.63, 3.8) is 0 Å². The van der Waals surface area contributed by atoms with Crippen LogP contribution in [0.1, 0.15) is 40.3 Å². The average molecular weight is 374 g/mol. The van der Waals surface area contributed by atoms with Gasteiger partial charge >= 0.3 is 5.97 Å².